The van der Waals surface area contributed by atoms with Crippen molar-refractivity contribution in [2.45, 2.75) is 0 Å². The minimum Gasteiger partial charge on any atom is -0.430 e. The van der Waals surface area contributed by atoms with E-state index in [4.69, 9.17) is 16.3 Å². The second-order valence-electron chi connectivity index (χ2n) is 2.50. The largest absolute Gasteiger partial charge is 0.430 e. The van der Waals surface area contributed by atoms with E-state index in [0.29, 0.717) is 14.9 Å². The van der Waals surface area contributed by atoms with Crippen LogP contribution in [0.15, 0.2) is 22.1 Å². The van der Waals surface area contributed by atoms with Gasteiger partial charge in [0.25, 0.3) is 5.19 Å². The van der Waals surface area contributed by atoms with E-state index >= 15 is 0 Å². The van der Waals surface area contributed by atoms with Crippen LogP contribution in [0.5, 0.6) is 10.9 Å². The third-order valence-corrected chi connectivity index (χ3v) is 3.00. The summed E-state index contributed by atoms with van der Waals surface area (Å²) in [6.07, 6.45) is 0. The lowest BCUT2D eigenvalue weighted by Crippen LogP contribution is -1.84. The Kier molecular flexibility index (Phi) is 3.18. The summed E-state index contributed by atoms with van der Waals surface area (Å²) in [5.41, 5.74) is 0. The smallest absolute Gasteiger partial charge is 0.300 e. The van der Waals surface area contributed by atoms with Crippen LogP contribution in [0.25, 0.3) is 0 Å². The Hall–Kier alpha value is -0.720. The summed E-state index contributed by atoms with van der Waals surface area (Å²) >= 11 is 9.97. The summed E-state index contributed by atoms with van der Waals surface area (Å²) in [6.45, 7) is 0. The van der Waals surface area contributed by atoms with E-state index in [1.54, 1.807) is 0 Å². The van der Waals surface area contributed by atoms with E-state index in [9.17, 15) is 4.39 Å². The van der Waals surface area contributed by atoms with E-state index < -0.39 is 5.82 Å². The molecule has 0 spiro atoms. The van der Waals surface area contributed by atoms with Gasteiger partial charge in [0.2, 0.25) is 0 Å². The van der Waals surface area contributed by atoms with Gasteiger partial charge in [-0.15, -0.1) is 5.10 Å². The number of aromatic nitrogens is 2. The molecule has 0 atom stereocenters. The van der Waals surface area contributed by atoms with Crippen LogP contribution in [0.3, 0.4) is 0 Å². The third kappa shape index (κ3) is 2.64. The maximum atomic E-state index is 12.8. The van der Waals surface area contributed by atoms with Crippen molar-refractivity contribution in [3.63, 3.8) is 0 Å². The Bertz CT molecular complexity index is 493. The molecule has 1 aromatic carbocycles. The molecular weight excluding hydrogens is 307 g/mol. The molecule has 2 rings (SSSR count). The molecule has 0 saturated carbocycles. The summed E-state index contributed by atoms with van der Waals surface area (Å²) in [4.78, 5) is 0. The van der Waals surface area contributed by atoms with E-state index in [-0.39, 0.29) is 5.02 Å². The number of rotatable bonds is 2. The monoisotopic (exact) mass is 308 g/mol. The Labute approximate surface area is 102 Å². The first-order chi connectivity index (χ1) is 7.15. The number of benzene rings is 1. The van der Waals surface area contributed by atoms with Crippen LogP contribution < -0.4 is 4.74 Å². The molecule has 0 aliphatic rings. The molecular formula is C8H3BrClFN2OS. The van der Waals surface area contributed by atoms with Crippen LogP contribution in [0.4, 0.5) is 4.39 Å². The summed E-state index contributed by atoms with van der Waals surface area (Å²) < 4.78 is 18.7. The average molecular weight is 310 g/mol. The molecule has 0 unspecified atom stereocenters. The summed E-state index contributed by atoms with van der Waals surface area (Å²) in [5, 5.41) is 7.81. The van der Waals surface area contributed by atoms with Crippen LogP contribution in [0, 0.1) is 5.82 Å². The van der Waals surface area contributed by atoms with E-state index in [1.165, 1.54) is 29.5 Å². The third-order valence-electron chi connectivity index (χ3n) is 1.48. The van der Waals surface area contributed by atoms with Crippen molar-refractivity contribution in [1.29, 1.82) is 0 Å². The molecule has 15 heavy (non-hydrogen) atoms. The van der Waals surface area contributed by atoms with Crippen LogP contribution in [0.2, 0.25) is 5.02 Å². The molecule has 0 radical (unpaired) electrons. The van der Waals surface area contributed by atoms with Gasteiger partial charge in [-0.2, -0.15) is 0 Å². The maximum absolute atomic E-state index is 12.8. The maximum Gasteiger partial charge on any atom is 0.300 e. The fourth-order valence-corrected chi connectivity index (χ4v) is 1.99. The van der Waals surface area contributed by atoms with Gasteiger partial charge in [0, 0.05) is 6.07 Å². The van der Waals surface area contributed by atoms with Gasteiger partial charge < -0.3 is 4.74 Å². The normalized spacial score (nSPS) is 10.3. The van der Waals surface area contributed by atoms with Gasteiger partial charge in [-0.1, -0.05) is 16.7 Å². The zero-order valence-electron chi connectivity index (χ0n) is 7.08. The molecule has 0 aliphatic carbocycles. The highest BCUT2D eigenvalue weighted by molar-refractivity contribution is 9.11. The van der Waals surface area contributed by atoms with E-state index in [2.05, 4.69) is 26.1 Å². The molecule has 1 heterocycles. The number of ether oxygens (including phenoxy) is 1. The van der Waals surface area contributed by atoms with Crippen LogP contribution in [0.1, 0.15) is 0 Å². The van der Waals surface area contributed by atoms with Crippen molar-refractivity contribution < 1.29 is 9.13 Å². The Morgan fingerprint density at radius 1 is 1.40 bits per heavy atom. The van der Waals surface area contributed by atoms with Gasteiger partial charge in [-0.05, 0) is 39.4 Å². The lowest BCUT2D eigenvalue weighted by molar-refractivity contribution is 0.471. The highest BCUT2D eigenvalue weighted by atomic mass is 79.9. The van der Waals surface area contributed by atoms with Crippen molar-refractivity contribution >= 4 is 38.9 Å². The molecule has 2 aromatic rings. The van der Waals surface area contributed by atoms with Crippen LogP contribution in [-0.4, -0.2) is 10.2 Å². The highest BCUT2D eigenvalue weighted by Crippen LogP contribution is 2.29. The van der Waals surface area contributed by atoms with Crippen LogP contribution in [-0.2, 0) is 0 Å². The fourth-order valence-electron chi connectivity index (χ4n) is 0.875. The Balaban J connectivity index is 2.21. The molecule has 0 aliphatic heterocycles. The number of hydrogen-bond donors (Lipinski definition) is 0. The first-order valence-corrected chi connectivity index (χ1v) is 5.76. The first kappa shape index (κ1) is 10.8. The van der Waals surface area contributed by atoms with Gasteiger partial charge >= 0.3 is 0 Å². The predicted octanol–water partition coefficient (Wildman–Crippen LogP) is 3.89. The number of nitrogens with zero attached hydrogens (tertiary/aromatic N) is 2. The fraction of sp³-hybridized carbons (Fsp3) is 0. The molecule has 3 nitrogen and oxygen atoms in total. The Morgan fingerprint density at radius 3 is 2.80 bits per heavy atom. The molecule has 7 heteroatoms. The summed E-state index contributed by atoms with van der Waals surface area (Å²) in [7, 11) is 0. The first-order valence-electron chi connectivity index (χ1n) is 3.77. The van der Waals surface area contributed by atoms with Gasteiger partial charge in [0.05, 0.1) is 5.02 Å². The molecule has 0 fully saturated rings. The van der Waals surface area contributed by atoms with Gasteiger partial charge in [0.1, 0.15) is 11.6 Å². The minimum atomic E-state index is -0.484. The molecule has 0 amide bonds. The second kappa shape index (κ2) is 4.42. The summed E-state index contributed by atoms with van der Waals surface area (Å²) in [6, 6.07) is 4.08. The lowest BCUT2D eigenvalue weighted by atomic mass is 10.3. The van der Waals surface area contributed by atoms with Crippen molar-refractivity contribution in [3.8, 4) is 10.9 Å². The number of hydrogen-bond acceptors (Lipinski definition) is 4. The average Bonchev–Trinajstić information content (AvgIpc) is 2.58. The second-order valence-corrected chi connectivity index (χ2v) is 5.12. The predicted molar refractivity (Wildman–Crippen MR) is 59.1 cm³/mol. The minimum absolute atomic E-state index is 0.0103. The molecule has 1 aromatic heterocycles. The molecule has 0 N–H and O–H groups in total. The SMILES string of the molecule is Fc1ccc(Oc2nnc(Br)s2)cc1Cl. The zero-order chi connectivity index (χ0) is 10.8. The van der Waals surface area contributed by atoms with Gasteiger partial charge in [-0.25, -0.2) is 4.39 Å². The van der Waals surface area contributed by atoms with Crippen molar-refractivity contribution in [1.82, 2.24) is 10.2 Å². The van der Waals surface area contributed by atoms with E-state index in [1.807, 2.05) is 0 Å². The van der Waals surface area contributed by atoms with E-state index in [0.717, 1.165) is 0 Å². The number of halogens is 3. The standard InChI is InChI=1S/C8H3BrClFN2OS/c9-7-12-13-8(15-7)14-4-1-2-6(11)5(10)3-4/h1-3H. The van der Waals surface area contributed by atoms with Crippen LogP contribution >= 0.6 is 38.9 Å². The summed E-state index contributed by atoms with van der Waals surface area (Å²) in [5.74, 6) is -0.0625. The quantitative estimate of drug-likeness (QED) is 0.844. The van der Waals surface area contributed by atoms with Crippen molar-refractivity contribution in [3.05, 3.63) is 33.0 Å². The Morgan fingerprint density at radius 2 is 2.20 bits per heavy atom. The van der Waals surface area contributed by atoms with Gasteiger partial charge in [0.15, 0.2) is 3.92 Å². The molecule has 78 valence electrons. The van der Waals surface area contributed by atoms with Crippen molar-refractivity contribution in [2.24, 2.45) is 0 Å². The highest BCUT2D eigenvalue weighted by Gasteiger charge is 2.06. The molecule has 0 saturated heterocycles. The van der Waals surface area contributed by atoms with Gasteiger partial charge in [-0.3, -0.25) is 0 Å². The van der Waals surface area contributed by atoms with Crippen molar-refractivity contribution in [2.75, 3.05) is 0 Å². The lowest BCUT2D eigenvalue weighted by Gasteiger charge is -2.01. The molecule has 0 bridgehead atoms. The zero-order valence-corrected chi connectivity index (χ0v) is 10.2. The topological polar surface area (TPSA) is 35.0 Å².